The fourth-order valence-electron chi connectivity index (χ4n) is 2.08. The maximum atomic E-state index is 9.29. The molecule has 0 bridgehead atoms. The van der Waals surface area contributed by atoms with Gasteiger partial charge in [0.15, 0.2) is 0 Å². The first-order chi connectivity index (χ1) is 8.61. The van der Waals surface area contributed by atoms with Gasteiger partial charge in [-0.25, -0.2) is 0 Å². The fourth-order valence-corrected chi connectivity index (χ4v) is 2.08. The highest BCUT2D eigenvalue weighted by molar-refractivity contribution is 5.26. The molecule has 1 atom stereocenters. The van der Waals surface area contributed by atoms with Gasteiger partial charge in [-0.3, -0.25) is 0 Å². The van der Waals surface area contributed by atoms with Crippen molar-refractivity contribution in [1.82, 2.24) is 5.32 Å². The first kappa shape index (κ1) is 15.0. The molecule has 0 aliphatic heterocycles. The van der Waals surface area contributed by atoms with Crippen molar-refractivity contribution in [2.75, 3.05) is 6.54 Å². The Morgan fingerprint density at radius 3 is 2.33 bits per heavy atom. The Hall–Kier alpha value is -1.02. The second-order valence-corrected chi connectivity index (χ2v) is 5.49. The van der Waals surface area contributed by atoms with E-state index in [1.807, 2.05) is 12.1 Å². The molecule has 1 aromatic carbocycles. The Morgan fingerprint density at radius 1 is 1.11 bits per heavy atom. The van der Waals surface area contributed by atoms with E-state index in [4.69, 9.17) is 0 Å². The van der Waals surface area contributed by atoms with Crippen LogP contribution < -0.4 is 5.32 Å². The second kappa shape index (κ2) is 8.15. The molecule has 0 fully saturated rings. The minimum Gasteiger partial charge on any atom is -0.508 e. The van der Waals surface area contributed by atoms with Crippen molar-refractivity contribution in [2.45, 2.75) is 52.5 Å². The summed E-state index contributed by atoms with van der Waals surface area (Å²) in [6.45, 7) is 7.84. The molecule has 18 heavy (non-hydrogen) atoms. The lowest BCUT2D eigenvalue weighted by molar-refractivity contribution is 0.427. The van der Waals surface area contributed by atoms with Crippen LogP contribution in [0.15, 0.2) is 24.3 Å². The van der Waals surface area contributed by atoms with Crippen LogP contribution in [-0.2, 0) is 6.42 Å². The molecule has 0 amide bonds. The van der Waals surface area contributed by atoms with E-state index in [2.05, 4.69) is 26.1 Å². The molecule has 2 heteroatoms. The summed E-state index contributed by atoms with van der Waals surface area (Å²) in [4.78, 5) is 0. The zero-order valence-corrected chi connectivity index (χ0v) is 11.9. The summed E-state index contributed by atoms with van der Waals surface area (Å²) in [7, 11) is 0. The quantitative estimate of drug-likeness (QED) is 0.735. The van der Waals surface area contributed by atoms with E-state index in [1.54, 1.807) is 12.1 Å². The third kappa shape index (κ3) is 6.06. The van der Waals surface area contributed by atoms with Gasteiger partial charge in [-0.15, -0.1) is 0 Å². The monoisotopic (exact) mass is 249 g/mol. The lowest BCUT2D eigenvalue weighted by Crippen LogP contribution is -2.32. The zero-order chi connectivity index (χ0) is 13.4. The number of rotatable bonds is 8. The van der Waals surface area contributed by atoms with E-state index in [9.17, 15) is 5.11 Å². The average molecular weight is 249 g/mol. The third-order valence-electron chi connectivity index (χ3n) is 3.19. The molecule has 0 aromatic heterocycles. The van der Waals surface area contributed by atoms with Crippen LogP contribution in [0.1, 0.15) is 45.6 Å². The first-order valence-electron chi connectivity index (χ1n) is 7.13. The van der Waals surface area contributed by atoms with Gasteiger partial charge in [0.2, 0.25) is 0 Å². The van der Waals surface area contributed by atoms with E-state index in [-0.39, 0.29) is 0 Å². The van der Waals surface area contributed by atoms with E-state index in [1.165, 1.54) is 24.8 Å². The molecule has 102 valence electrons. The van der Waals surface area contributed by atoms with Crippen molar-refractivity contribution in [1.29, 1.82) is 0 Å². The molecule has 0 radical (unpaired) electrons. The third-order valence-corrected chi connectivity index (χ3v) is 3.19. The number of aromatic hydroxyl groups is 1. The molecule has 2 N–H and O–H groups in total. The highest BCUT2D eigenvalue weighted by Gasteiger charge is 2.09. The van der Waals surface area contributed by atoms with E-state index in [0.717, 1.165) is 18.9 Å². The molecule has 1 aromatic rings. The maximum Gasteiger partial charge on any atom is 0.115 e. The Kier molecular flexibility index (Phi) is 6.81. The van der Waals surface area contributed by atoms with Crippen molar-refractivity contribution in [3.05, 3.63) is 29.8 Å². The molecule has 0 spiro atoms. The highest BCUT2D eigenvalue weighted by atomic mass is 16.3. The SMILES string of the molecule is CCCNC(CCC(C)C)Cc1ccc(O)cc1. The predicted octanol–water partition coefficient (Wildman–Crippen LogP) is 3.74. The van der Waals surface area contributed by atoms with Gasteiger partial charge in [0.05, 0.1) is 0 Å². The molecule has 1 rings (SSSR count). The lowest BCUT2D eigenvalue weighted by atomic mass is 9.97. The van der Waals surface area contributed by atoms with Gasteiger partial charge in [-0.05, 0) is 55.8 Å². The van der Waals surface area contributed by atoms with Crippen molar-refractivity contribution in [3.8, 4) is 5.75 Å². The topological polar surface area (TPSA) is 32.3 Å². The van der Waals surface area contributed by atoms with Gasteiger partial charge in [0.1, 0.15) is 5.75 Å². The van der Waals surface area contributed by atoms with Crippen LogP contribution in [0.25, 0.3) is 0 Å². The normalized spacial score (nSPS) is 12.9. The Morgan fingerprint density at radius 2 is 1.78 bits per heavy atom. The molecule has 2 nitrogen and oxygen atoms in total. The lowest BCUT2D eigenvalue weighted by Gasteiger charge is -2.19. The Labute approximate surface area is 111 Å². The summed E-state index contributed by atoms with van der Waals surface area (Å²) >= 11 is 0. The van der Waals surface area contributed by atoms with Crippen LogP contribution in [0.4, 0.5) is 0 Å². The van der Waals surface area contributed by atoms with Crippen LogP contribution in [0.3, 0.4) is 0 Å². The van der Waals surface area contributed by atoms with Gasteiger partial charge < -0.3 is 10.4 Å². The van der Waals surface area contributed by atoms with Gasteiger partial charge in [0, 0.05) is 6.04 Å². The summed E-state index contributed by atoms with van der Waals surface area (Å²) in [5.74, 6) is 1.11. The Balaban J connectivity index is 2.50. The molecule has 0 aliphatic carbocycles. The van der Waals surface area contributed by atoms with Gasteiger partial charge in [-0.2, -0.15) is 0 Å². The average Bonchev–Trinajstić information content (AvgIpc) is 2.35. The van der Waals surface area contributed by atoms with E-state index >= 15 is 0 Å². The molecular formula is C16H27NO. The molecule has 0 saturated carbocycles. The minimum atomic E-state index is 0.346. The van der Waals surface area contributed by atoms with Crippen LogP contribution >= 0.6 is 0 Å². The first-order valence-corrected chi connectivity index (χ1v) is 7.13. The van der Waals surface area contributed by atoms with Crippen molar-refractivity contribution in [2.24, 2.45) is 5.92 Å². The summed E-state index contributed by atoms with van der Waals surface area (Å²) < 4.78 is 0. The number of hydrogen-bond acceptors (Lipinski definition) is 2. The highest BCUT2D eigenvalue weighted by Crippen LogP contribution is 2.14. The number of phenolic OH excluding ortho intramolecular Hbond substituents is 1. The Bertz CT molecular complexity index is 318. The molecular weight excluding hydrogens is 222 g/mol. The molecule has 0 heterocycles. The van der Waals surface area contributed by atoms with Crippen LogP contribution in [-0.4, -0.2) is 17.7 Å². The smallest absolute Gasteiger partial charge is 0.115 e. The summed E-state index contributed by atoms with van der Waals surface area (Å²) in [6.07, 6.45) is 4.71. The van der Waals surface area contributed by atoms with Crippen molar-refractivity contribution < 1.29 is 5.11 Å². The van der Waals surface area contributed by atoms with Crippen molar-refractivity contribution >= 4 is 0 Å². The molecule has 0 aliphatic rings. The van der Waals surface area contributed by atoms with E-state index < -0.39 is 0 Å². The fraction of sp³-hybridized carbons (Fsp3) is 0.625. The van der Waals surface area contributed by atoms with E-state index in [0.29, 0.717) is 11.8 Å². The standard InChI is InChI=1S/C16H27NO/c1-4-11-17-15(8-5-13(2)3)12-14-6-9-16(18)10-7-14/h6-7,9-10,13,15,17-18H,4-5,8,11-12H2,1-3H3. The zero-order valence-electron chi connectivity index (χ0n) is 11.9. The number of phenols is 1. The maximum absolute atomic E-state index is 9.29. The number of nitrogens with one attached hydrogen (secondary N) is 1. The van der Waals surface area contributed by atoms with Crippen LogP contribution in [0, 0.1) is 5.92 Å². The van der Waals surface area contributed by atoms with Crippen molar-refractivity contribution in [3.63, 3.8) is 0 Å². The molecule has 1 unspecified atom stereocenters. The molecule has 0 saturated heterocycles. The predicted molar refractivity (Wildman–Crippen MR) is 78.0 cm³/mol. The number of hydrogen-bond donors (Lipinski definition) is 2. The van der Waals surface area contributed by atoms with Crippen LogP contribution in [0.2, 0.25) is 0 Å². The second-order valence-electron chi connectivity index (χ2n) is 5.49. The van der Waals surface area contributed by atoms with Crippen LogP contribution in [0.5, 0.6) is 5.75 Å². The largest absolute Gasteiger partial charge is 0.508 e. The van der Waals surface area contributed by atoms with Gasteiger partial charge >= 0.3 is 0 Å². The summed E-state index contributed by atoms with van der Waals surface area (Å²) in [6, 6.07) is 8.14. The minimum absolute atomic E-state index is 0.346. The summed E-state index contributed by atoms with van der Waals surface area (Å²) in [5.41, 5.74) is 1.30. The number of benzene rings is 1. The van der Waals surface area contributed by atoms with Gasteiger partial charge in [-0.1, -0.05) is 32.9 Å². The van der Waals surface area contributed by atoms with Gasteiger partial charge in [0.25, 0.3) is 0 Å². The summed E-state index contributed by atoms with van der Waals surface area (Å²) in [5, 5.41) is 12.9.